The summed E-state index contributed by atoms with van der Waals surface area (Å²) < 4.78 is 1.42. The highest BCUT2D eigenvalue weighted by Gasteiger charge is 2.18. The second-order valence-corrected chi connectivity index (χ2v) is 5.59. The number of aromatic nitrogens is 3. The van der Waals surface area contributed by atoms with Crippen molar-refractivity contribution in [3.63, 3.8) is 0 Å². The number of carbonyl (C=O) groups is 2. The second kappa shape index (κ2) is 6.47. The van der Waals surface area contributed by atoms with Gasteiger partial charge < -0.3 is 15.7 Å². The normalized spacial score (nSPS) is 13.0. The Bertz CT molecular complexity index is 478. The van der Waals surface area contributed by atoms with Crippen LogP contribution in [0.4, 0.5) is 0 Å². The van der Waals surface area contributed by atoms with Crippen LogP contribution in [0.3, 0.4) is 0 Å². The first kappa shape index (κ1) is 16.1. The molecule has 0 saturated heterocycles. The maximum atomic E-state index is 11.8. The molecule has 1 atom stereocenters. The highest BCUT2D eigenvalue weighted by molar-refractivity contribution is 5.84. The van der Waals surface area contributed by atoms with Gasteiger partial charge in [-0.05, 0) is 27.7 Å². The van der Waals surface area contributed by atoms with E-state index in [0.29, 0.717) is 13.1 Å². The zero-order valence-corrected chi connectivity index (χ0v) is 12.2. The molecule has 0 saturated carbocycles. The average Bonchev–Trinajstić information content (AvgIpc) is 2.75. The number of rotatable bonds is 6. The summed E-state index contributed by atoms with van der Waals surface area (Å²) in [7, 11) is 0. The zero-order chi connectivity index (χ0) is 15.3. The Kier molecular flexibility index (Phi) is 5.20. The predicted octanol–water partition coefficient (Wildman–Crippen LogP) is -0.131. The number of amides is 1. The molecule has 20 heavy (non-hydrogen) atoms. The Morgan fingerprint density at radius 2 is 2.10 bits per heavy atom. The van der Waals surface area contributed by atoms with Crippen molar-refractivity contribution in [3.8, 4) is 0 Å². The molecule has 1 aromatic heterocycles. The standard InChI is InChI=1S/C12H21N5O3/c1-8(10(18)14-12(2,3)4)13-5-6-17-7-9(11(19)20)15-16-17/h7-8,13H,5-6H2,1-4H3,(H,14,18)(H,19,20). The van der Waals surface area contributed by atoms with Gasteiger partial charge in [-0.1, -0.05) is 5.21 Å². The highest BCUT2D eigenvalue weighted by Crippen LogP contribution is 1.99. The molecule has 0 aliphatic heterocycles. The SMILES string of the molecule is CC(NCCn1cc(C(=O)O)nn1)C(=O)NC(C)(C)C. The molecule has 1 aromatic rings. The zero-order valence-electron chi connectivity index (χ0n) is 12.2. The highest BCUT2D eigenvalue weighted by atomic mass is 16.4. The van der Waals surface area contributed by atoms with Crippen molar-refractivity contribution in [3.05, 3.63) is 11.9 Å². The molecule has 1 amide bonds. The molecule has 0 radical (unpaired) electrons. The van der Waals surface area contributed by atoms with E-state index in [1.165, 1.54) is 10.9 Å². The van der Waals surface area contributed by atoms with Crippen LogP contribution in [-0.4, -0.2) is 50.1 Å². The van der Waals surface area contributed by atoms with E-state index in [-0.39, 0.29) is 23.2 Å². The lowest BCUT2D eigenvalue weighted by Crippen LogP contribution is -2.50. The lowest BCUT2D eigenvalue weighted by molar-refractivity contribution is -0.124. The van der Waals surface area contributed by atoms with Crippen LogP contribution in [0.5, 0.6) is 0 Å². The molecular weight excluding hydrogens is 262 g/mol. The maximum absolute atomic E-state index is 11.8. The molecular formula is C12H21N5O3. The largest absolute Gasteiger partial charge is 0.476 e. The molecule has 0 spiro atoms. The molecule has 0 aliphatic carbocycles. The molecule has 0 bridgehead atoms. The maximum Gasteiger partial charge on any atom is 0.358 e. The van der Waals surface area contributed by atoms with Crippen molar-refractivity contribution < 1.29 is 14.7 Å². The molecule has 8 nitrogen and oxygen atoms in total. The number of carboxylic acid groups (broad SMARTS) is 1. The quantitative estimate of drug-likeness (QED) is 0.671. The van der Waals surface area contributed by atoms with E-state index in [1.807, 2.05) is 20.8 Å². The molecule has 1 rings (SSSR count). The first-order valence-corrected chi connectivity index (χ1v) is 6.38. The van der Waals surface area contributed by atoms with Gasteiger partial charge in [0.1, 0.15) is 0 Å². The van der Waals surface area contributed by atoms with E-state index in [0.717, 1.165) is 0 Å². The monoisotopic (exact) mass is 283 g/mol. The Morgan fingerprint density at radius 1 is 1.45 bits per heavy atom. The summed E-state index contributed by atoms with van der Waals surface area (Å²) in [6, 6.07) is -0.336. The van der Waals surface area contributed by atoms with Crippen molar-refractivity contribution in [2.45, 2.75) is 45.8 Å². The van der Waals surface area contributed by atoms with Crippen LogP contribution in [0.25, 0.3) is 0 Å². The first-order valence-electron chi connectivity index (χ1n) is 6.38. The van der Waals surface area contributed by atoms with Crippen LogP contribution in [-0.2, 0) is 11.3 Å². The van der Waals surface area contributed by atoms with Crippen LogP contribution in [0.15, 0.2) is 6.20 Å². The molecule has 3 N–H and O–H groups in total. The fraction of sp³-hybridized carbons (Fsp3) is 0.667. The molecule has 1 unspecified atom stereocenters. The van der Waals surface area contributed by atoms with Gasteiger partial charge in [0.2, 0.25) is 5.91 Å². The van der Waals surface area contributed by atoms with Crippen LogP contribution >= 0.6 is 0 Å². The fourth-order valence-corrected chi connectivity index (χ4v) is 1.47. The average molecular weight is 283 g/mol. The Hall–Kier alpha value is -1.96. The first-order chi connectivity index (χ1) is 9.19. The van der Waals surface area contributed by atoms with Crippen molar-refractivity contribution in [2.75, 3.05) is 6.54 Å². The third kappa shape index (κ3) is 5.35. The predicted molar refractivity (Wildman–Crippen MR) is 72.3 cm³/mol. The lowest BCUT2D eigenvalue weighted by atomic mass is 10.1. The van der Waals surface area contributed by atoms with Crippen molar-refractivity contribution >= 4 is 11.9 Å². The van der Waals surface area contributed by atoms with Gasteiger partial charge in [0.05, 0.1) is 18.8 Å². The Morgan fingerprint density at radius 3 is 2.60 bits per heavy atom. The summed E-state index contributed by atoms with van der Waals surface area (Å²) in [6.45, 7) is 8.45. The van der Waals surface area contributed by atoms with Gasteiger partial charge in [0, 0.05) is 12.1 Å². The van der Waals surface area contributed by atoms with Gasteiger partial charge in [0.15, 0.2) is 5.69 Å². The molecule has 0 aromatic carbocycles. The summed E-state index contributed by atoms with van der Waals surface area (Å²) in [4.78, 5) is 22.4. The van der Waals surface area contributed by atoms with Crippen LogP contribution in [0, 0.1) is 0 Å². The smallest absolute Gasteiger partial charge is 0.358 e. The van der Waals surface area contributed by atoms with E-state index >= 15 is 0 Å². The number of hydrogen-bond donors (Lipinski definition) is 3. The van der Waals surface area contributed by atoms with Crippen molar-refractivity contribution in [1.29, 1.82) is 0 Å². The Balaban J connectivity index is 2.36. The second-order valence-electron chi connectivity index (χ2n) is 5.59. The summed E-state index contributed by atoms with van der Waals surface area (Å²) >= 11 is 0. The molecule has 8 heteroatoms. The van der Waals surface area contributed by atoms with Gasteiger partial charge in [0.25, 0.3) is 0 Å². The van der Waals surface area contributed by atoms with Gasteiger partial charge in [-0.2, -0.15) is 0 Å². The van der Waals surface area contributed by atoms with Crippen LogP contribution in [0.2, 0.25) is 0 Å². The van der Waals surface area contributed by atoms with Crippen molar-refractivity contribution in [2.24, 2.45) is 0 Å². The van der Waals surface area contributed by atoms with Gasteiger partial charge >= 0.3 is 5.97 Å². The number of hydrogen-bond acceptors (Lipinski definition) is 5. The van der Waals surface area contributed by atoms with Gasteiger partial charge in [-0.25, -0.2) is 4.79 Å². The van der Waals surface area contributed by atoms with E-state index in [4.69, 9.17) is 5.11 Å². The van der Waals surface area contributed by atoms with E-state index < -0.39 is 5.97 Å². The van der Waals surface area contributed by atoms with Gasteiger partial charge in [-0.15, -0.1) is 5.10 Å². The lowest BCUT2D eigenvalue weighted by Gasteiger charge is -2.23. The summed E-state index contributed by atoms with van der Waals surface area (Å²) in [5, 5.41) is 21.8. The third-order valence-electron chi connectivity index (χ3n) is 2.44. The summed E-state index contributed by atoms with van der Waals surface area (Å²) in [5.41, 5.74) is -0.362. The topological polar surface area (TPSA) is 109 Å². The van der Waals surface area contributed by atoms with E-state index in [1.54, 1.807) is 6.92 Å². The van der Waals surface area contributed by atoms with Crippen LogP contribution in [0.1, 0.15) is 38.2 Å². The van der Waals surface area contributed by atoms with E-state index in [2.05, 4.69) is 20.9 Å². The molecule has 112 valence electrons. The van der Waals surface area contributed by atoms with Crippen LogP contribution < -0.4 is 10.6 Å². The molecule has 0 fully saturated rings. The van der Waals surface area contributed by atoms with Crippen molar-refractivity contribution in [1.82, 2.24) is 25.6 Å². The molecule has 0 aliphatic rings. The number of nitrogens with zero attached hydrogens (tertiary/aromatic N) is 3. The van der Waals surface area contributed by atoms with E-state index in [9.17, 15) is 9.59 Å². The number of carbonyl (C=O) groups excluding carboxylic acids is 1. The molecule has 1 heterocycles. The Labute approximate surface area is 117 Å². The minimum absolute atomic E-state index is 0.0812. The minimum Gasteiger partial charge on any atom is -0.476 e. The number of aromatic carboxylic acids is 1. The minimum atomic E-state index is -1.11. The number of nitrogens with one attached hydrogen (secondary N) is 2. The number of carboxylic acids is 1. The third-order valence-corrected chi connectivity index (χ3v) is 2.44. The summed E-state index contributed by atoms with van der Waals surface area (Å²) in [6.07, 6.45) is 1.35. The van der Waals surface area contributed by atoms with Gasteiger partial charge in [-0.3, -0.25) is 9.48 Å². The summed E-state index contributed by atoms with van der Waals surface area (Å²) in [5.74, 6) is -1.19. The fourth-order valence-electron chi connectivity index (χ4n) is 1.47.